The second kappa shape index (κ2) is 5.55. The number of rotatable bonds is 5. The highest BCUT2D eigenvalue weighted by atomic mass is 16.6. The maximum Gasteiger partial charge on any atom is 0.325 e. The Bertz CT molecular complexity index is 718. The van der Waals surface area contributed by atoms with E-state index in [1.807, 2.05) is 0 Å². The molecule has 10 nitrogen and oxygen atoms in total. The van der Waals surface area contributed by atoms with Crippen LogP contribution in [0, 0.1) is 10.1 Å². The molecule has 122 valence electrons. The Balaban J connectivity index is 2.47. The fraction of sp³-hybridized carbons (Fsp3) is 0.308. The molecule has 2 N–H and O–H groups in total. The zero-order valence-corrected chi connectivity index (χ0v) is 12.2. The molecule has 0 aromatic heterocycles. The number of carboxylic acids is 1. The molecule has 1 aliphatic heterocycles. The topological polar surface area (TPSA) is 139 Å². The second-order valence-corrected chi connectivity index (χ2v) is 4.98. The van der Waals surface area contributed by atoms with E-state index in [0.717, 1.165) is 6.07 Å². The Kier molecular flexibility index (Phi) is 3.91. The molecule has 0 saturated carbocycles. The molecule has 1 aromatic rings. The molecule has 0 spiro atoms. The molecule has 0 aliphatic carbocycles. The van der Waals surface area contributed by atoms with Crippen molar-refractivity contribution < 1.29 is 29.2 Å². The van der Waals surface area contributed by atoms with Gasteiger partial charge in [-0.2, -0.15) is 0 Å². The Labute approximate surface area is 129 Å². The number of nitro groups is 1. The van der Waals surface area contributed by atoms with Crippen molar-refractivity contribution >= 4 is 23.6 Å². The fourth-order valence-corrected chi connectivity index (χ4v) is 2.32. The van der Waals surface area contributed by atoms with Gasteiger partial charge in [-0.05, 0) is 18.6 Å². The number of nitrogens with zero attached hydrogens (tertiary/aromatic N) is 2. The third kappa shape index (κ3) is 2.65. The summed E-state index contributed by atoms with van der Waals surface area (Å²) in [4.78, 5) is 45.9. The van der Waals surface area contributed by atoms with Gasteiger partial charge in [-0.25, -0.2) is 4.79 Å². The van der Waals surface area contributed by atoms with Crippen LogP contribution in [-0.2, 0) is 15.1 Å². The van der Waals surface area contributed by atoms with Gasteiger partial charge in [-0.15, -0.1) is 0 Å². The van der Waals surface area contributed by atoms with E-state index in [1.54, 1.807) is 0 Å². The maximum atomic E-state index is 12.4. The molecular weight excluding hydrogens is 310 g/mol. The third-order valence-corrected chi connectivity index (χ3v) is 3.52. The van der Waals surface area contributed by atoms with Crippen LogP contribution in [-0.4, -0.2) is 46.5 Å². The van der Waals surface area contributed by atoms with Crippen molar-refractivity contribution in [2.24, 2.45) is 0 Å². The van der Waals surface area contributed by atoms with Crippen molar-refractivity contribution in [1.29, 1.82) is 0 Å². The van der Waals surface area contributed by atoms with Gasteiger partial charge in [0.05, 0.1) is 12.0 Å². The Morgan fingerprint density at radius 3 is 2.65 bits per heavy atom. The summed E-state index contributed by atoms with van der Waals surface area (Å²) in [7, 11) is 1.26. The number of nitro benzene ring substituents is 1. The quantitative estimate of drug-likeness (QED) is 0.455. The number of carbonyl (C=O) groups is 3. The highest BCUT2D eigenvalue weighted by Crippen LogP contribution is 2.35. The number of benzene rings is 1. The van der Waals surface area contributed by atoms with E-state index in [1.165, 1.54) is 26.2 Å². The lowest BCUT2D eigenvalue weighted by atomic mass is 9.91. The summed E-state index contributed by atoms with van der Waals surface area (Å²) in [6.07, 6.45) is 0. The third-order valence-electron chi connectivity index (χ3n) is 3.52. The molecule has 1 fully saturated rings. The number of carbonyl (C=O) groups excluding carboxylic acids is 2. The van der Waals surface area contributed by atoms with Gasteiger partial charge in [0.15, 0.2) is 5.75 Å². The van der Waals surface area contributed by atoms with Crippen LogP contribution >= 0.6 is 0 Å². The zero-order valence-electron chi connectivity index (χ0n) is 12.2. The molecule has 0 radical (unpaired) electrons. The van der Waals surface area contributed by atoms with Gasteiger partial charge in [0.2, 0.25) is 0 Å². The largest absolute Gasteiger partial charge is 0.490 e. The van der Waals surface area contributed by atoms with Crippen molar-refractivity contribution in [3.63, 3.8) is 0 Å². The van der Waals surface area contributed by atoms with Crippen LogP contribution < -0.4 is 10.1 Å². The lowest BCUT2D eigenvalue weighted by molar-refractivity contribution is -0.385. The van der Waals surface area contributed by atoms with Gasteiger partial charge in [-0.1, -0.05) is 6.07 Å². The monoisotopic (exact) mass is 323 g/mol. The van der Waals surface area contributed by atoms with E-state index in [2.05, 4.69) is 5.32 Å². The molecule has 3 amide bonds. The van der Waals surface area contributed by atoms with Crippen LogP contribution in [0.4, 0.5) is 10.5 Å². The van der Waals surface area contributed by atoms with Gasteiger partial charge >= 0.3 is 17.7 Å². The highest BCUT2D eigenvalue weighted by molar-refractivity contribution is 6.08. The number of imide groups is 1. The molecular formula is C13H13N3O7. The molecule has 23 heavy (non-hydrogen) atoms. The van der Waals surface area contributed by atoms with E-state index in [4.69, 9.17) is 9.84 Å². The molecule has 1 aliphatic rings. The standard InChI is InChI=1S/C13H13N3O7/c1-13(11(19)15(6-10(17)18)12(20)14-13)7-3-4-9(23-2)8(5-7)16(21)22/h3-5H,6H2,1-2H3,(H,14,20)(H,17,18). The first-order valence-corrected chi connectivity index (χ1v) is 6.39. The number of amides is 3. The second-order valence-electron chi connectivity index (χ2n) is 4.98. The number of nitrogens with one attached hydrogen (secondary N) is 1. The summed E-state index contributed by atoms with van der Waals surface area (Å²) in [6.45, 7) is 0.555. The summed E-state index contributed by atoms with van der Waals surface area (Å²) in [5.41, 5.74) is -1.81. The first-order chi connectivity index (χ1) is 10.7. The number of urea groups is 1. The minimum absolute atomic E-state index is 0.00140. The summed E-state index contributed by atoms with van der Waals surface area (Å²) in [6, 6.07) is 2.94. The van der Waals surface area contributed by atoms with Crippen LogP contribution in [0.15, 0.2) is 18.2 Å². The van der Waals surface area contributed by atoms with E-state index in [9.17, 15) is 24.5 Å². The first-order valence-electron chi connectivity index (χ1n) is 6.39. The van der Waals surface area contributed by atoms with E-state index in [-0.39, 0.29) is 17.0 Å². The lowest BCUT2D eigenvalue weighted by Crippen LogP contribution is -2.41. The highest BCUT2D eigenvalue weighted by Gasteiger charge is 2.50. The minimum Gasteiger partial charge on any atom is -0.490 e. The summed E-state index contributed by atoms with van der Waals surface area (Å²) in [5.74, 6) is -2.15. The number of hydrogen-bond donors (Lipinski definition) is 2. The van der Waals surface area contributed by atoms with Crippen molar-refractivity contribution in [1.82, 2.24) is 10.2 Å². The average molecular weight is 323 g/mol. The van der Waals surface area contributed by atoms with Gasteiger partial charge in [-0.3, -0.25) is 24.6 Å². The SMILES string of the molecule is COc1ccc(C2(C)NC(=O)N(CC(=O)O)C2=O)cc1[N+](=O)[O-]. The van der Waals surface area contributed by atoms with Crippen LogP contribution in [0.5, 0.6) is 5.75 Å². The molecule has 0 bridgehead atoms. The number of carboxylic acid groups (broad SMARTS) is 1. The average Bonchev–Trinajstić information content (AvgIpc) is 2.70. The summed E-state index contributed by atoms with van der Waals surface area (Å²) in [5, 5.41) is 22.2. The van der Waals surface area contributed by atoms with Crippen molar-refractivity contribution in [2.75, 3.05) is 13.7 Å². The zero-order chi connectivity index (χ0) is 17.4. The number of ether oxygens (including phenoxy) is 1. The molecule has 1 unspecified atom stereocenters. The normalized spacial score (nSPS) is 20.3. The molecule has 1 aromatic carbocycles. The van der Waals surface area contributed by atoms with Gasteiger partial charge < -0.3 is 15.2 Å². The van der Waals surface area contributed by atoms with Gasteiger partial charge in [0, 0.05) is 6.07 Å². The van der Waals surface area contributed by atoms with Crippen molar-refractivity contribution in [2.45, 2.75) is 12.5 Å². The number of aliphatic carboxylic acids is 1. The fourth-order valence-electron chi connectivity index (χ4n) is 2.32. The summed E-state index contributed by atoms with van der Waals surface area (Å²) >= 11 is 0. The van der Waals surface area contributed by atoms with Crippen LogP contribution in [0.2, 0.25) is 0 Å². The van der Waals surface area contributed by atoms with Gasteiger partial charge in [0.1, 0.15) is 12.1 Å². The maximum absolute atomic E-state index is 12.4. The first kappa shape index (κ1) is 16.2. The van der Waals surface area contributed by atoms with Gasteiger partial charge in [0.25, 0.3) is 5.91 Å². The van der Waals surface area contributed by atoms with E-state index >= 15 is 0 Å². The van der Waals surface area contributed by atoms with Crippen LogP contribution in [0.25, 0.3) is 0 Å². The predicted molar refractivity (Wildman–Crippen MR) is 74.9 cm³/mol. The lowest BCUT2D eigenvalue weighted by Gasteiger charge is -2.22. The molecule has 1 heterocycles. The van der Waals surface area contributed by atoms with E-state index < -0.39 is 34.9 Å². The molecule has 10 heteroatoms. The van der Waals surface area contributed by atoms with Crippen LogP contribution in [0.3, 0.4) is 0 Å². The summed E-state index contributed by atoms with van der Waals surface area (Å²) < 4.78 is 4.88. The Hall–Kier alpha value is -3.17. The number of hydrogen-bond acceptors (Lipinski definition) is 6. The van der Waals surface area contributed by atoms with Crippen molar-refractivity contribution in [3.8, 4) is 5.75 Å². The molecule has 1 saturated heterocycles. The molecule has 2 rings (SSSR count). The van der Waals surface area contributed by atoms with E-state index in [0.29, 0.717) is 4.90 Å². The minimum atomic E-state index is -1.59. The predicted octanol–water partition coefficient (Wildman–Crippen LogP) is 0.455. The Morgan fingerprint density at radius 1 is 1.48 bits per heavy atom. The van der Waals surface area contributed by atoms with Crippen LogP contribution in [0.1, 0.15) is 12.5 Å². The Morgan fingerprint density at radius 2 is 2.13 bits per heavy atom. The molecule has 1 atom stereocenters. The van der Waals surface area contributed by atoms with Crippen molar-refractivity contribution in [3.05, 3.63) is 33.9 Å². The smallest absolute Gasteiger partial charge is 0.325 e. The number of methoxy groups -OCH3 is 1.